The Morgan fingerprint density at radius 1 is 1.21 bits per heavy atom. The molecule has 4 rings (SSSR count). The van der Waals surface area contributed by atoms with Crippen LogP contribution in [0.5, 0.6) is 0 Å². The second-order valence-corrected chi connectivity index (χ2v) is 7.89. The van der Waals surface area contributed by atoms with Gasteiger partial charge in [-0.3, -0.25) is 19.8 Å². The van der Waals surface area contributed by atoms with Crippen LogP contribution in [0.25, 0.3) is 6.08 Å². The topological polar surface area (TPSA) is 98.7 Å². The molecule has 1 atom stereocenters. The van der Waals surface area contributed by atoms with Crippen LogP contribution in [0.4, 0.5) is 10.7 Å². The van der Waals surface area contributed by atoms with E-state index in [-0.39, 0.29) is 17.9 Å². The van der Waals surface area contributed by atoms with Crippen molar-refractivity contribution in [3.05, 3.63) is 58.8 Å². The van der Waals surface area contributed by atoms with Crippen molar-refractivity contribution in [2.45, 2.75) is 12.6 Å². The molecule has 1 aromatic heterocycles. The molecular formula is C20H21N5O3S. The lowest BCUT2D eigenvalue weighted by Gasteiger charge is -2.40. The van der Waals surface area contributed by atoms with Crippen molar-refractivity contribution < 1.29 is 14.7 Å². The van der Waals surface area contributed by atoms with Gasteiger partial charge in [0.15, 0.2) is 0 Å². The van der Waals surface area contributed by atoms with E-state index in [4.69, 9.17) is 0 Å². The summed E-state index contributed by atoms with van der Waals surface area (Å²) in [5.74, 6) is 0.141. The van der Waals surface area contributed by atoms with Crippen LogP contribution in [-0.4, -0.2) is 63.4 Å². The minimum atomic E-state index is -0.407. The van der Waals surface area contributed by atoms with E-state index in [2.05, 4.69) is 32.3 Å². The summed E-state index contributed by atoms with van der Waals surface area (Å²) in [6.07, 6.45) is 3.23. The Hall–Kier alpha value is -2.75. The third-order valence-corrected chi connectivity index (χ3v) is 5.72. The molecular weight excluding hydrogens is 390 g/mol. The van der Waals surface area contributed by atoms with Gasteiger partial charge in [-0.15, -0.1) is 0 Å². The summed E-state index contributed by atoms with van der Waals surface area (Å²) in [5.41, 5.74) is 1.78. The molecule has 0 bridgehead atoms. The van der Waals surface area contributed by atoms with Gasteiger partial charge in [-0.05, 0) is 29.5 Å². The van der Waals surface area contributed by atoms with Gasteiger partial charge < -0.3 is 10.0 Å². The number of hydrogen-bond acceptors (Lipinski definition) is 8. The van der Waals surface area contributed by atoms with E-state index < -0.39 is 5.91 Å². The first kappa shape index (κ1) is 19.6. The maximum atomic E-state index is 11.7. The van der Waals surface area contributed by atoms with Crippen molar-refractivity contribution in [3.63, 3.8) is 0 Å². The van der Waals surface area contributed by atoms with Crippen molar-refractivity contribution in [3.8, 4) is 0 Å². The highest BCUT2D eigenvalue weighted by molar-refractivity contribution is 8.18. The van der Waals surface area contributed by atoms with Gasteiger partial charge in [-0.2, -0.15) is 0 Å². The number of carbonyl (C=O) groups excluding carboxylic acids is 2. The molecule has 0 aliphatic carbocycles. The Bertz CT molecular complexity index is 937. The summed E-state index contributed by atoms with van der Waals surface area (Å²) < 4.78 is 0. The van der Waals surface area contributed by atoms with Crippen molar-refractivity contribution in [2.75, 3.05) is 31.1 Å². The number of rotatable bonds is 5. The SMILES string of the molecule is O=C1NC(=O)/C(=C\c2ccnc(N3CCN(Cc4ccccc4)C(CO)C3)n2)S1. The number of hydrogen-bond donors (Lipinski definition) is 2. The summed E-state index contributed by atoms with van der Waals surface area (Å²) in [4.78, 5) is 36.6. The molecule has 2 saturated heterocycles. The highest BCUT2D eigenvalue weighted by Gasteiger charge is 2.28. The van der Waals surface area contributed by atoms with Crippen molar-refractivity contribution in [1.82, 2.24) is 20.2 Å². The Morgan fingerprint density at radius 3 is 2.76 bits per heavy atom. The number of benzene rings is 1. The third-order valence-electron chi connectivity index (χ3n) is 4.91. The maximum Gasteiger partial charge on any atom is 0.290 e. The van der Waals surface area contributed by atoms with Gasteiger partial charge in [0, 0.05) is 32.4 Å². The predicted molar refractivity (Wildman–Crippen MR) is 111 cm³/mol. The Labute approximate surface area is 172 Å². The van der Waals surface area contributed by atoms with Crippen molar-refractivity contribution >= 4 is 34.9 Å². The van der Waals surface area contributed by atoms with E-state index in [1.807, 2.05) is 23.1 Å². The number of nitrogens with zero attached hydrogens (tertiary/aromatic N) is 4. The normalized spacial score (nSPS) is 21.6. The smallest absolute Gasteiger partial charge is 0.290 e. The summed E-state index contributed by atoms with van der Waals surface area (Å²) in [5, 5.41) is 11.8. The summed E-state index contributed by atoms with van der Waals surface area (Å²) in [6.45, 7) is 2.95. The number of amides is 2. The largest absolute Gasteiger partial charge is 0.395 e. The van der Waals surface area contributed by atoms with E-state index in [0.29, 0.717) is 23.1 Å². The fourth-order valence-corrected chi connectivity index (χ4v) is 4.09. The van der Waals surface area contributed by atoms with Gasteiger partial charge in [0.2, 0.25) is 5.95 Å². The minimum Gasteiger partial charge on any atom is -0.395 e. The molecule has 2 aliphatic heterocycles. The molecule has 0 spiro atoms. The first-order chi connectivity index (χ1) is 14.1. The predicted octanol–water partition coefficient (Wildman–Crippen LogP) is 1.48. The highest BCUT2D eigenvalue weighted by atomic mass is 32.2. The summed E-state index contributed by atoms with van der Waals surface area (Å²) >= 11 is 0.863. The molecule has 1 unspecified atom stereocenters. The number of thioether (sulfide) groups is 1. The fourth-order valence-electron chi connectivity index (χ4n) is 3.42. The Morgan fingerprint density at radius 2 is 2.03 bits per heavy atom. The minimum absolute atomic E-state index is 0.0247. The molecule has 2 fully saturated rings. The van der Waals surface area contributed by atoms with E-state index in [0.717, 1.165) is 31.4 Å². The van der Waals surface area contributed by atoms with Crippen LogP contribution >= 0.6 is 11.8 Å². The van der Waals surface area contributed by atoms with E-state index in [1.54, 1.807) is 18.3 Å². The molecule has 3 heterocycles. The summed E-state index contributed by atoms with van der Waals surface area (Å²) in [6, 6.07) is 11.9. The first-order valence-corrected chi connectivity index (χ1v) is 10.2. The number of aliphatic hydroxyl groups excluding tert-OH is 1. The fraction of sp³-hybridized carbons (Fsp3) is 0.300. The van der Waals surface area contributed by atoms with Crippen molar-refractivity contribution in [1.29, 1.82) is 0 Å². The molecule has 2 amide bonds. The molecule has 29 heavy (non-hydrogen) atoms. The highest BCUT2D eigenvalue weighted by Crippen LogP contribution is 2.25. The zero-order chi connectivity index (χ0) is 20.2. The summed E-state index contributed by atoms with van der Waals surface area (Å²) in [7, 11) is 0. The molecule has 2 aromatic rings. The molecule has 0 radical (unpaired) electrons. The second kappa shape index (κ2) is 8.73. The van der Waals surface area contributed by atoms with Crippen LogP contribution in [-0.2, 0) is 11.3 Å². The van der Waals surface area contributed by atoms with Gasteiger partial charge in [0.1, 0.15) is 0 Å². The van der Waals surface area contributed by atoms with Gasteiger partial charge >= 0.3 is 0 Å². The molecule has 9 heteroatoms. The van der Waals surface area contributed by atoms with E-state index >= 15 is 0 Å². The molecule has 1 aromatic carbocycles. The molecule has 2 aliphatic rings. The first-order valence-electron chi connectivity index (χ1n) is 9.34. The number of aromatic nitrogens is 2. The number of piperazine rings is 1. The van der Waals surface area contributed by atoms with Crippen LogP contribution in [0.1, 0.15) is 11.3 Å². The number of imide groups is 1. The van der Waals surface area contributed by atoms with Crippen LogP contribution in [0.2, 0.25) is 0 Å². The lowest BCUT2D eigenvalue weighted by Crippen LogP contribution is -2.54. The van der Waals surface area contributed by atoms with Crippen LogP contribution in [0.15, 0.2) is 47.5 Å². The zero-order valence-corrected chi connectivity index (χ0v) is 16.5. The van der Waals surface area contributed by atoms with Gasteiger partial charge in [-0.1, -0.05) is 30.3 Å². The van der Waals surface area contributed by atoms with Gasteiger partial charge in [0.05, 0.1) is 23.2 Å². The maximum absolute atomic E-state index is 11.7. The standard InChI is InChI=1S/C20H21N5O3S/c26-13-16-12-25(9-8-24(16)11-14-4-2-1-3-5-14)19-21-7-6-15(22-19)10-17-18(27)23-20(28)29-17/h1-7,10,16,26H,8-9,11-13H2,(H,23,27,28)/b17-10+. The monoisotopic (exact) mass is 411 g/mol. The molecule has 8 nitrogen and oxygen atoms in total. The molecule has 2 N–H and O–H groups in total. The third kappa shape index (κ3) is 4.64. The van der Waals surface area contributed by atoms with Gasteiger partial charge in [0.25, 0.3) is 11.1 Å². The van der Waals surface area contributed by atoms with Crippen molar-refractivity contribution in [2.24, 2.45) is 0 Å². The lowest BCUT2D eigenvalue weighted by atomic mass is 10.1. The van der Waals surface area contributed by atoms with Crippen LogP contribution < -0.4 is 10.2 Å². The second-order valence-electron chi connectivity index (χ2n) is 6.87. The van der Waals surface area contributed by atoms with Crippen LogP contribution in [0, 0.1) is 0 Å². The Kier molecular flexibility index (Phi) is 5.89. The Balaban J connectivity index is 1.46. The number of aliphatic hydroxyl groups is 1. The quantitative estimate of drug-likeness (QED) is 0.714. The van der Waals surface area contributed by atoms with Gasteiger partial charge in [-0.25, -0.2) is 9.97 Å². The van der Waals surface area contributed by atoms with Crippen LogP contribution in [0.3, 0.4) is 0 Å². The van der Waals surface area contributed by atoms with E-state index in [1.165, 1.54) is 5.56 Å². The number of nitrogens with one attached hydrogen (secondary N) is 1. The molecule has 0 saturated carbocycles. The van der Waals surface area contributed by atoms with E-state index in [9.17, 15) is 14.7 Å². The number of carbonyl (C=O) groups is 2. The average molecular weight is 411 g/mol. The number of anilines is 1. The average Bonchev–Trinajstić information content (AvgIpc) is 3.06. The molecule has 150 valence electrons. The zero-order valence-electron chi connectivity index (χ0n) is 15.7. The lowest BCUT2D eigenvalue weighted by molar-refractivity contribution is -0.115.